The van der Waals surface area contributed by atoms with Crippen molar-refractivity contribution in [2.24, 2.45) is 4.99 Å². The third-order valence-corrected chi connectivity index (χ3v) is 3.30. The number of rotatable bonds is 6. The Hall–Kier alpha value is -1.62. The van der Waals surface area contributed by atoms with Gasteiger partial charge in [0.2, 0.25) is 0 Å². The molecule has 1 saturated carbocycles. The molecule has 0 bridgehead atoms. The van der Waals surface area contributed by atoms with Gasteiger partial charge < -0.3 is 15.4 Å². The molecule has 0 radical (unpaired) electrons. The quantitative estimate of drug-likeness (QED) is 0.475. The molecule has 0 aromatic heterocycles. The van der Waals surface area contributed by atoms with Gasteiger partial charge in [0.05, 0.1) is 13.2 Å². The lowest BCUT2D eigenvalue weighted by atomic mass is 10.1. The second-order valence-corrected chi connectivity index (χ2v) is 4.90. The largest absolute Gasteiger partial charge is 0.383 e. The molecule has 110 valence electrons. The lowest BCUT2D eigenvalue weighted by Crippen LogP contribution is -2.39. The van der Waals surface area contributed by atoms with Crippen molar-refractivity contribution in [3.05, 3.63) is 35.6 Å². The Kier molecular flexibility index (Phi) is 5.35. The van der Waals surface area contributed by atoms with Crippen LogP contribution in [0.25, 0.3) is 0 Å². The Labute approximate surface area is 119 Å². The van der Waals surface area contributed by atoms with E-state index in [-0.39, 0.29) is 5.82 Å². The minimum Gasteiger partial charge on any atom is -0.383 e. The number of nitrogens with one attached hydrogen (secondary N) is 2. The average Bonchev–Trinajstić information content (AvgIpc) is 3.18. The first-order valence-corrected chi connectivity index (χ1v) is 7.03. The highest BCUT2D eigenvalue weighted by Gasteiger charge is 2.39. The van der Waals surface area contributed by atoms with E-state index in [0.29, 0.717) is 25.1 Å². The lowest BCUT2D eigenvalue weighted by molar-refractivity contribution is 0.208. The van der Waals surface area contributed by atoms with Crippen LogP contribution in [0.5, 0.6) is 0 Å². The lowest BCUT2D eigenvalue weighted by Gasteiger charge is -2.11. The van der Waals surface area contributed by atoms with Crippen molar-refractivity contribution in [1.82, 2.24) is 10.6 Å². The first-order valence-electron chi connectivity index (χ1n) is 7.03. The molecule has 0 aliphatic heterocycles. The van der Waals surface area contributed by atoms with Crippen molar-refractivity contribution in [3.63, 3.8) is 0 Å². The topological polar surface area (TPSA) is 45.7 Å². The number of halogens is 1. The van der Waals surface area contributed by atoms with Crippen molar-refractivity contribution < 1.29 is 9.13 Å². The minimum absolute atomic E-state index is 0.172. The summed E-state index contributed by atoms with van der Waals surface area (Å²) >= 11 is 0. The number of benzene rings is 1. The minimum atomic E-state index is -0.172. The summed E-state index contributed by atoms with van der Waals surface area (Å²) < 4.78 is 18.2. The Morgan fingerprint density at radius 2 is 2.35 bits per heavy atom. The second-order valence-electron chi connectivity index (χ2n) is 4.90. The smallest absolute Gasteiger partial charge is 0.191 e. The number of aliphatic imine (C=N–C) groups is 1. The highest BCUT2D eigenvalue weighted by Crippen LogP contribution is 2.40. The van der Waals surface area contributed by atoms with Gasteiger partial charge in [0.15, 0.2) is 5.96 Å². The van der Waals surface area contributed by atoms with Crippen molar-refractivity contribution in [2.75, 3.05) is 26.8 Å². The molecule has 4 nitrogen and oxygen atoms in total. The van der Waals surface area contributed by atoms with E-state index in [4.69, 9.17) is 4.74 Å². The van der Waals surface area contributed by atoms with Crippen LogP contribution in [0.4, 0.5) is 4.39 Å². The van der Waals surface area contributed by atoms with E-state index < -0.39 is 0 Å². The zero-order valence-electron chi connectivity index (χ0n) is 12.0. The predicted octanol–water partition coefficient (Wildman–Crippen LogP) is 1.88. The van der Waals surface area contributed by atoms with Crippen molar-refractivity contribution >= 4 is 5.96 Å². The van der Waals surface area contributed by atoms with Crippen molar-refractivity contribution in [3.8, 4) is 0 Å². The monoisotopic (exact) mass is 279 g/mol. The van der Waals surface area contributed by atoms with Gasteiger partial charge in [0.1, 0.15) is 5.82 Å². The maximum absolute atomic E-state index is 13.2. The zero-order chi connectivity index (χ0) is 14.4. The molecule has 2 atom stereocenters. The molecule has 1 aromatic rings. The fourth-order valence-electron chi connectivity index (χ4n) is 2.20. The van der Waals surface area contributed by atoms with Crippen LogP contribution in [0.3, 0.4) is 0 Å². The molecule has 1 aliphatic rings. The van der Waals surface area contributed by atoms with Crippen LogP contribution in [-0.2, 0) is 4.74 Å². The Morgan fingerprint density at radius 3 is 3.05 bits per heavy atom. The Bertz CT molecular complexity index is 464. The molecule has 1 aromatic carbocycles. The van der Waals surface area contributed by atoms with Crippen molar-refractivity contribution in [1.29, 1.82) is 0 Å². The Morgan fingerprint density at radius 1 is 1.50 bits per heavy atom. The van der Waals surface area contributed by atoms with Gasteiger partial charge in [-0.05, 0) is 31.0 Å². The third-order valence-electron chi connectivity index (χ3n) is 3.30. The molecule has 0 amide bonds. The fraction of sp³-hybridized carbons (Fsp3) is 0.533. The Balaban J connectivity index is 1.88. The summed E-state index contributed by atoms with van der Waals surface area (Å²) in [7, 11) is 1.66. The summed E-state index contributed by atoms with van der Waals surface area (Å²) in [4.78, 5) is 4.42. The van der Waals surface area contributed by atoms with Crippen LogP contribution in [-0.4, -0.2) is 38.8 Å². The average molecular weight is 279 g/mol. The maximum Gasteiger partial charge on any atom is 0.191 e. The highest BCUT2D eigenvalue weighted by molar-refractivity contribution is 5.80. The number of methoxy groups -OCH3 is 1. The first kappa shape index (κ1) is 14.8. The number of hydrogen-bond acceptors (Lipinski definition) is 2. The maximum atomic E-state index is 13.2. The van der Waals surface area contributed by atoms with Gasteiger partial charge in [-0.2, -0.15) is 0 Å². The van der Waals surface area contributed by atoms with Crippen molar-refractivity contribution in [2.45, 2.75) is 25.3 Å². The summed E-state index contributed by atoms with van der Waals surface area (Å²) in [5.41, 5.74) is 1.05. The highest BCUT2D eigenvalue weighted by atomic mass is 19.1. The predicted molar refractivity (Wildman–Crippen MR) is 78.5 cm³/mol. The van der Waals surface area contributed by atoms with E-state index in [0.717, 1.165) is 24.5 Å². The summed E-state index contributed by atoms with van der Waals surface area (Å²) in [5.74, 6) is 0.999. The van der Waals surface area contributed by atoms with Gasteiger partial charge in [-0.15, -0.1) is 0 Å². The molecule has 1 aliphatic carbocycles. The van der Waals surface area contributed by atoms with Gasteiger partial charge >= 0.3 is 0 Å². The van der Waals surface area contributed by atoms with E-state index in [1.54, 1.807) is 19.2 Å². The third kappa shape index (κ3) is 4.20. The van der Waals surface area contributed by atoms with Gasteiger partial charge in [-0.3, -0.25) is 4.99 Å². The molecule has 20 heavy (non-hydrogen) atoms. The van der Waals surface area contributed by atoms with Crippen LogP contribution in [0, 0.1) is 5.82 Å². The van der Waals surface area contributed by atoms with E-state index in [9.17, 15) is 4.39 Å². The van der Waals surface area contributed by atoms with E-state index in [2.05, 4.69) is 15.6 Å². The number of guanidine groups is 1. The van der Waals surface area contributed by atoms with E-state index in [1.807, 2.05) is 13.0 Å². The SMILES string of the molecule is CCNC(=NCCOC)NC1CC1c1cccc(F)c1. The molecule has 2 rings (SSSR count). The van der Waals surface area contributed by atoms with Crippen LogP contribution < -0.4 is 10.6 Å². The second kappa shape index (κ2) is 7.24. The molecule has 1 fully saturated rings. The van der Waals surface area contributed by atoms with Crippen LogP contribution in [0.1, 0.15) is 24.8 Å². The summed E-state index contributed by atoms with van der Waals surface area (Å²) in [6, 6.07) is 7.16. The number of ether oxygens (including phenoxy) is 1. The number of hydrogen-bond donors (Lipinski definition) is 2. The van der Waals surface area contributed by atoms with Crippen LogP contribution >= 0.6 is 0 Å². The molecule has 0 saturated heterocycles. The zero-order valence-corrected chi connectivity index (χ0v) is 12.0. The summed E-state index contributed by atoms with van der Waals surface area (Å²) in [5, 5.41) is 6.59. The van der Waals surface area contributed by atoms with Crippen LogP contribution in [0.2, 0.25) is 0 Å². The molecule has 2 unspecified atom stereocenters. The fourth-order valence-corrected chi connectivity index (χ4v) is 2.20. The van der Waals surface area contributed by atoms with Gasteiger partial charge in [0.25, 0.3) is 0 Å². The molecule has 0 spiro atoms. The van der Waals surface area contributed by atoms with Gasteiger partial charge in [-0.1, -0.05) is 12.1 Å². The summed E-state index contributed by atoms with van der Waals surface area (Å²) in [6.07, 6.45) is 1.01. The number of nitrogens with zero attached hydrogens (tertiary/aromatic N) is 1. The van der Waals surface area contributed by atoms with E-state index >= 15 is 0 Å². The summed E-state index contributed by atoms with van der Waals surface area (Å²) in [6.45, 7) is 4.08. The van der Waals surface area contributed by atoms with E-state index in [1.165, 1.54) is 6.07 Å². The molecule has 0 heterocycles. The normalized spacial score (nSPS) is 21.6. The first-order chi connectivity index (χ1) is 9.74. The van der Waals surface area contributed by atoms with Crippen LogP contribution in [0.15, 0.2) is 29.3 Å². The van der Waals surface area contributed by atoms with Gasteiger partial charge in [-0.25, -0.2) is 4.39 Å². The molecular weight excluding hydrogens is 257 g/mol. The molecule has 2 N–H and O–H groups in total. The molecule has 5 heteroatoms. The molecular formula is C15H22FN3O. The standard InChI is InChI=1S/C15H22FN3O/c1-3-17-15(18-7-8-20-2)19-14-10-13(14)11-5-4-6-12(16)9-11/h4-6,9,13-14H,3,7-8,10H2,1-2H3,(H2,17,18,19). The van der Waals surface area contributed by atoms with Gasteiger partial charge in [0, 0.05) is 25.6 Å².